The molecular weight excluding hydrogens is 236 g/mol. The fraction of sp³-hybridized carbons (Fsp3) is 0.125. The standard InChI is InChI=1S/C8H8N2O3S2/c1-13-5-3-2-4-6-7(5)8(9)10-15(11,12)14-6/h2-4H,1H3,(H2,9,10). The van der Waals surface area contributed by atoms with Crippen LogP contribution in [0.1, 0.15) is 5.56 Å². The monoisotopic (exact) mass is 244 g/mol. The van der Waals surface area contributed by atoms with Crippen LogP contribution in [-0.2, 0) is 9.06 Å². The van der Waals surface area contributed by atoms with Gasteiger partial charge >= 0.3 is 9.06 Å². The first-order valence-electron chi connectivity index (χ1n) is 4.01. The van der Waals surface area contributed by atoms with Crippen LogP contribution in [-0.4, -0.2) is 21.4 Å². The van der Waals surface area contributed by atoms with Gasteiger partial charge in [-0.25, -0.2) is 0 Å². The van der Waals surface area contributed by atoms with Crippen molar-refractivity contribution in [2.24, 2.45) is 10.1 Å². The molecule has 2 N–H and O–H groups in total. The van der Waals surface area contributed by atoms with Gasteiger partial charge in [-0.05, 0) is 12.1 Å². The molecule has 1 aliphatic rings. The summed E-state index contributed by atoms with van der Waals surface area (Å²) >= 11 is 0. The molecule has 1 heterocycles. The van der Waals surface area contributed by atoms with Crippen molar-refractivity contribution in [3.63, 3.8) is 0 Å². The fourth-order valence-corrected chi connectivity index (χ4v) is 3.77. The smallest absolute Gasteiger partial charge is 0.313 e. The van der Waals surface area contributed by atoms with Crippen LogP contribution in [0.15, 0.2) is 27.5 Å². The lowest BCUT2D eigenvalue weighted by Gasteiger charge is -2.15. The van der Waals surface area contributed by atoms with Gasteiger partial charge in [0.1, 0.15) is 11.6 Å². The Morgan fingerprint density at radius 1 is 1.47 bits per heavy atom. The molecule has 0 radical (unpaired) electrons. The van der Waals surface area contributed by atoms with Gasteiger partial charge < -0.3 is 10.5 Å². The predicted molar refractivity (Wildman–Crippen MR) is 58.5 cm³/mol. The van der Waals surface area contributed by atoms with Crippen LogP contribution in [0.25, 0.3) is 0 Å². The molecule has 0 saturated carbocycles. The van der Waals surface area contributed by atoms with Crippen LogP contribution in [0.3, 0.4) is 0 Å². The van der Waals surface area contributed by atoms with Crippen LogP contribution in [0, 0.1) is 0 Å². The van der Waals surface area contributed by atoms with Crippen molar-refractivity contribution in [2.75, 3.05) is 7.11 Å². The lowest BCUT2D eigenvalue weighted by molar-refractivity contribution is 0.412. The molecule has 15 heavy (non-hydrogen) atoms. The third kappa shape index (κ3) is 1.80. The Kier molecular flexibility index (Phi) is 2.35. The van der Waals surface area contributed by atoms with Gasteiger partial charge in [0.05, 0.1) is 12.7 Å². The van der Waals surface area contributed by atoms with E-state index in [-0.39, 0.29) is 5.84 Å². The Morgan fingerprint density at radius 2 is 2.20 bits per heavy atom. The van der Waals surface area contributed by atoms with Crippen LogP contribution in [0.4, 0.5) is 0 Å². The van der Waals surface area contributed by atoms with Gasteiger partial charge in [0.2, 0.25) is 0 Å². The second kappa shape index (κ2) is 3.42. The molecule has 0 atom stereocenters. The van der Waals surface area contributed by atoms with E-state index >= 15 is 0 Å². The molecule has 0 fully saturated rings. The van der Waals surface area contributed by atoms with Gasteiger partial charge in [-0.15, -0.1) is 4.40 Å². The number of rotatable bonds is 1. The molecule has 0 saturated heterocycles. The van der Waals surface area contributed by atoms with Gasteiger partial charge in [-0.3, -0.25) is 0 Å². The maximum absolute atomic E-state index is 11.3. The number of nitrogens with zero attached hydrogens (tertiary/aromatic N) is 1. The zero-order valence-corrected chi connectivity index (χ0v) is 9.43. The van der Waals surface area contributed by atoms with Gasteiger partial charge in [0.15, 0.2) is 0 Å². The summed E-state index contributed by atoms with van der Waals surface area (Å²) in [6, 6.07) is 5.08. The number of nitrogens with two attached hydrogens (primary N) is 1. The fourth-order valence-electron chi connectivity index (χ4n) is 1.30. The predicted octanol–water partition coefficient (Wildman–Crippen LogP) is 0.751. The highest BCUT2D eigenvalue weighted by molar-refractivity contribution is 8.71. The molecule has 1 aromatic rings. The molecule has 0 aliphatic carbocycles. The van der Waals surface area contributed by atoms with E-state index in [1.54, 1.807) is 18.2 Å². The summed E-state index contributed by atoms with van der Waals surface area (Å²) in [5, 5.41) is 0. The minimum Gasteiger partial charge on any atom is -0.496 e. The van der Waals surface area contributed by atoms with Crippen molar-refractivity contribution < 1.29 is 13.2 Å². The number of fused-ring (bicyclic) bond motifs is 1. The van der Waals surface area contributed by atoms with E-state index in [0.717, 1.165) is 0 Å². The van der Waals surface area contributed by atoms with Crippen molar-refractivity contribution in [3.05, 3.63) is 23.8 Å². The average molecular weight is 244 g/mol. The van der Waals surface area contributed by atoms with E-state index in [0.29, 0.717) is 27.0 Å². The van der Waals surface area contributed by atoms with E-state index in [9.17, 15) is 8.42 Å². The third-order valence-electron chi connectivity index (χ3n) is 1.87. The number of hydrogen-bond acceptors (Lipinski definition) is 5. The molecule has 1 aromatic carbocycles. The Hall–Kier alpha value is -1.21. The molecule has 0 bridgehead atoms. The van der Waals surface area contributed by atoms with Crippen molar-refractivity contribution in [2.45, 2.75) is 4.90 Å². The number of hydrogen-bond donors (Lipinski definition) is 1. The van der Waals surface area contributed by atoms with Crippen molar-refractivity contribution in [1.82, 2.24) is 0 Å². The van der Waals surface area contributed by atoms with Crippen molar-refractivity contribution >= 4 is 25.7 Å². The summed E-state index contributed by atoms with van der Waals surface area (Å²) < 4.78 is 31.1. The maximum atomic E-state index is 11.3. The Bertz CT molecular complexity index is 537. The summed E-state index contributed by atoms with van der Waals surface area (Å²) in [4.78, 5) is 0.543. The topological polar surface area (TPSA) is 81.8 Å². The van der Waals surface area contributed by atoms with Gasteiger partial charge in [0, 0.05) is 15.7 Å². The summed E-state index contributed by atoms with van der Waals surface area (Å²) in [7, 11) is -1.38. The minimum atomic E-state index is -3.55. The normalized spacial score (nSPS) is 17.8. The summed E-state index contributed by atoms with van der Waals surface area (Å²) in [6.45, 7) is 0. The number of ether oxygens (including phenoxy) is 1. The Labute approximate surface area is 90.8 Å². The molecule has 0 spiro atoms. The van der Waals surface area contributed by atoms with Gasteiger partial charge in [-0.2, -0.15) is 8.42 Å². The molecule has 80 valence electrons. The Morgan fingerprint density at radius 3 is 2.87 bits per heavy atom. The summed E-state index contributed by atoms with van der Waals surface area (Å²) in [5.74, 6) is 0.498. The second-order valence-electron chi connectivity index (χ2n) is 2.82. The van der Waals surface area contributed by atoms with Crippen molar-refractivity contribution in [3.8, 4) is 5.75 Å². The highest BCUT2D eigenvalue weighted by atomic mass is 33.1. The van der Waals surface area contributed by atoms with E-state index in [1.807, 2.05) is 0 Å². The minimum absolute atomic E-state index is 0.0267. The maximum Gasteiger partial charge on any atom is 0.313 e. The quantitative estimate of drug-likeness (QED) is 0.737. The molecule has 1 aliphatic heterocycles. The number of benzene rings is 1. The molecule has 0 aromatic heterocycles. The highest BCUT2D eigenvalue weighted by Crippen LogP contribution is 2.37. The molecule has 7 heteroatoms. The first kappa shape index (κ1) is 10.3. The van der Waals surface area contributed by atoms with E-state index in [1.165, 1.54) is 7.11 Å². The Balaban J connectivity index is 2.70. The number of methoxy groups -OCH3 is 1. The van der Waals surface area contributed by atoms with Crippen molar-refractivity contribution in [1.29, 1.82) is 0 Å². The lowest BCUT2D eigenvalue weighted by atomic mass is 10.2. The largest absolute Gasteiger partial charge is 0.496 e. The summed E-state index contributed by atoms with van der Waals surface area (Å²) in [5.41, 5.74) is 6.12. The zero-order valence-electron chi connectivity index (χ0n) is 7.80. The lowest BCUT2D eigenvalue weighted by Crippen LogP contribution is -2.20. The zero-order chi connectivity index (χ0) is 11.1. The molecule has 0 unspecified atom stereocenters. The van der Waals surface area contributed by atoms with E-state index in [2.05, 4.69) is 4.40 Å². The molecule has 0 amide bonds. The van der Waals surface area contributed by atoms with E-state index in [4.69, 9.17) is 10.5 Å². The van der Waals surface area contributed by atoms with Crippen LogP contribution >= 0.6 is 10.8 Å². The van der Waals surface area contributed by atoms with Gasteiger partial charge in [0.25, 0.3) is 0 Å². The first-order chi connectivity index (χ1) is 7.03. The molecule has 5 nitrogen and oxygen atoms in total. The highest BCUT2D eigenvalue weighted by Gasteiger charge is 2.25. The summed E-state index contributed by atoms with van der Waals surface area (Å²) in [6.07, 6.45) is 0. The van der Waals surface area contributed by atoms with Crippen LogP contribution < -0.4 is 10.5 Å². The van der Waals surface area contributed by atoms with Gasteiger partial charge in [-0.1, -0.05) is 6.07 Å². The second-order valence-corrected chi connectivity index (χ2v) is 6.23. The third-order valence-corrected chi connectivity index (χ3v) is 4.41. The van der Waals surface area contributed by atoms with Crippen LogP contribution in [0.5, 0.6) is 5.75 Å². The average Bonchev–Trinajstić information content (AvgIpc) is 2.14. The molecular formula is C8H8N2O3S2. The first-order valence-corrected chi connectivity index (χ1v) is 6.78. The van der Waals surface area contributed by atoms with Crippen LogP contribution in [0.2, 0.25) is 0 Å². The van der Waals surface area contributed by atoms with E-state index < -0.39 is 9.06 Å². The SMILES string of the molecule is COc1cccc2c1C(N)=NS(=O)(=O)S2. The number of amidine groups is 1. The molecule has 2 rings (SSSR count).